The van der Waals surface area contributed by atoms with E-state index in [2.05, 4.69) is 13.2 Å². The molecule has 1 saturated heterocycles. The molecule has 88 valence electrons. The fraction of sp³-hybridized carbons (Fsp3) is 0.909. The van der Waals surface area contributed by atoms with Gasteiger partial charge in [0, 0.05) is 19.5 Å². The van der Waals surface area contributed by atoms with Crippen molar-refractivity contribution in [2.75, 3.05) is 38.3 Å². The van der Waals surface area contributed by atoms with Gasteiger partial charge in [-0.2, -0.15) is 11.8 Å². The van der Waals surface area contributed by atoms with Crippen LogP contribution in [0.1, 0.15) is 19.8 Å². The number of hydrogen-bond donors (Lipinski definition) is 0. The van der Waals surface area contributed by atoms with Crippen molar-refractivity contribution in [2.24, 2.45) is 5.92 Å². The van der Waals surface area contributed by atoms with Crippen LogP contribution in [0.5, 0.6) is 0 Å². The van der Waals surface area contributed by atoms with Crippen LogP contribution in [0.3, 0.4) is 0 Å². The molecule has 1 rings (SSSR count). The van der Waals surface area contributed by atoms with Gasteiger partial charge >= 0.3 is 0 Å². The van der Waals surface area contributed by atoms with Crippen molar-refractivity contribution < 1.29 is 9.53 Å². The Bertz CT molecular complexity index is 193. The molecule has 0 aromatic carbocycles. The summed E-state index contributed by atoms with van der Waals surface area (Å²) in [5.74, 6) is 1.96. The molecule has 15 heavy (non-hydrogen) atoms. The highest BCUT2D eigenvalue weighted by molar-refractivity contribution is 7.98. The van der Waals surface area contributed by atoms with Crippen molar-refractivity contribution in [3.8, 4) is 0 Å². The van der Waals surface area contributed by atoms with Crippen molar-refractivity contribution in [3.05, 3.63) is 0 Å². The van der Waals surface area contributed by atoms with E-state index in [1.54, 1.807) is 0 Å². The van der Waals surface area contributed by atoms with Crippen LogP contribution < -0.4 is 0 Å². The summed E-state index contributed by atoms with van der Waals surface area (Å²) in [6.45, 7) is 5.10. The number of hydrogen-bond acceptors (Lipinski definition) is 3. The Labute approximate surface area is 96.5 Å². The zero-order valence-electron chi connectivity index (χ0n) is 9.70. The molecule has 1 heterocycles. The molecule has 1 atom stereocenters. The number of thioether (sulfide) groups is 1. The predicted molar refractivity (Wildman–Crippen MR) is 64.2 cm³/mol. The van der Waals surface area contributed by atoms with E-state index in [4.69, 9.17) is 4.74 Å². The summed E-state index contributed by atoms with van der Waals surface area (Å²) >= 11 is 1.85. The van der Waals surface area contributed by atoms with Crippen LogP contribution in [0, 0.1) is 5.92 Å². The number of carbonyl (C=O) groups is 1. The third-order valence-electron chi connectivity index (χ3n) is 2.70. The van der Waals surface area contributed by atoms with Gasteiger partial charge in [0.15, 0.2) is 0 Å². The van der Waals surface area contributed by atoms with Crippen LogP contribution in [-0.4, -0.2) is 49.1 Å². The van der Waals surface area contributed by atoms with Crippen molar-refractivity contribution in [1.29, 1.82) is 0 Å². The number of morpholine rings is 1. The second kappa shape index (κ2) is 7.12. The van der Waals surface area contributed by atoms with E-state index in [0.717, 1.165) is 25.3 Å². The maximum atomic E-state index is 11.8. The zero-order chi connectivity index (χ0) is 11.1. The highest BCUT2D eigenvalue weighted by atomic mass is 32.2. The first kappa shape index (κ1) is 12.8. The van der Waals surface area contributed by atoms with E-state index < -0.39 is 0 Å². The zero-order valence-corrected chi connectivity index (χ0v) is 10.5. The van der Waals surface area contributed by atoms with Crippen LogP contribution in [0.4, 0.5) is 0 Å². The van der Waals surface area contributed by atoms with E-state index >= 15 is 0 Å². The van der Waals surface area contributed by atoms with Crippen molar-refractivity contribution in [2.45, 2.75) is 19.8 Å². The molecule has 0 aromatic heterocycles. The van der Waals surface area contributed by atoms with Gasteiger partial charge in [0.2, 0.25) is 5.91 Å². The van der Waals surface area contributed by atoms with Crippen molar-refractivity contribution >= 4 is 17.7 Å². The van der Waals surface area contributed by atoms with Gasteiger partial charge < -0.3 is 9.64 Å². The average Bonchev–Trinajstić information content (AvgIpc) is 2.27. The highest BCUT2D eigenvalue weighted by Gasteiger charge is 2.18. The molecule has 0 N–H and O–H groups in total. The quantitative estimate of drug-likeness (QED) is 0.720. The molecule has 1 aliphatic rings. The van der Waals surface area contributed by atoms with Gasteiger partial charge in [-0.15, -0.1) is 0 Å². The van der Waals surface area contributed by atoms with Gasteiger partial charge in [0.05, 0.1) is 13.2 Å². The van der Waals surface area contributed by atoms with E-state index in [-0.39, 0.29) is 0 Å². The number of rotatable bonds is 5. The Hall–Kier alpha value is -0.220. The lowest BCUT2D eigenvalue weighted by Gasteiger charge is -2.27. The molecule has 3 nitrogen and oxygen atoms in total. The Morgan fingerprint density at radius 2 is 2.13 bits per heavy atom. The second-order valence-corrected chi connectivity index (χ2v) is 5.07. The molecule has 0 aliphatic carbocycles. The normalized spacial score (nSPS) is 18.9. The third kappa shape index (κ3) is 4.89. The van der Waals surface area contributed by atoms with Gasteiger partial charge in [-0.05, 0) is 24.3 Å². The Morgan fingerprint density at radius 1 is 1.47 bits per heavy atom. The Kier molecular flexibility index (Phi) is 6.10. The summed E-state index contributed by atoms with van der Waals surface area (Å²) in [4.78, 5) is 13.8. The SMILES string of the molecule is CSCC[C@H](C)CC(=O)N1CCOCC1. The summed E-state index contributed by atoms with van der Waals surface area (Å²) in [5.41, 5.74) is 0. The third-order valence-corrected chi connectivity index (χ3v) is 3.35. The van der Waals surface area contributed by atoms with Gasteiger partial charge in [-0.3, -0.25) is 4.79 Å². The number of carbonyl (C=O) groups excluding carboxylic acids is 1. The molecule has 0 bridgehead atoms. The van der Waals surface area contributed by atoms with Gasteiger partial charge in [-0.25, -0.2) is 0 Å². The lowest BCUT2D eigenvalue weighted by atomic mass is 10.0. The monoisotopic (exact) mass is 231 g/mol. The lowest BCUT2D eigenvalue weighted by Crippen LogP contribution is -2.41. The topological polar surface area (TPSA) is 29.5 Å². The Morgan fingerprint density at radius 3 is 2.73 bits per heavy atom. The molecular weight excluding hydrogens is 210 g/mol. The number of nitrogens with zero attached hydrogens (tertiary/aromatic N) is 1. The van der Waals surface area contributed by atoms with Gasteiger partial charge in [-0.1, -0.05) is 6.92 Å². The summed E-state index contributed by atoms with van der Waals surface area (Å²) < 4.78 is 5.22. The molecule has 0 aromatic rings. The fourth-order valence-corrected chi connectivity index (χ4v) is 2.30. The minimum Gasteiger partial charge on any atom is -0.378 e. The van der Waals surface area contributed by atoms with Crippen LogP contribution in [0.2, 0.25) is 0 Å². The molecule has 0 saturated carbocycles. The van der Waals surface area contributed by atoms with E-state index in [1.807, 2.05) is 16.7 Å². The van der Waals surface area contributed by atoms with E-state index in [9.17, 15) is 4.79 Å². The van der Waals surface area contributed by atoms with Crippen LogP contribution in [-0.2, 0) is 9.53 Å². The molecule has 1 fully saturated rings. The first-order valence-corrected chi connectivity index (χ1v) is 6.98. The first-order valence-electron chi connectivity index (χ1n) is 5.58. The minimum atomic E-state index is 0.298. The summed E-state index contributed by atoms with van der Waals surface area (Å²) in [5, 5.41) is 0. The fourth-order valence-electron chi connectivity index (χ4n) is 1.66. The minimum absolute atomic E-state index is 0.298. The second-order valence-electron chi connectivity index (χ2n) is 4.08. The number of ether oxygens (including phenoxy) is 1. The van der Waals surface area contributed by atoms with Gasteiger partial charge in [0.1, 0.15) is 0 Å². The van der Waals surface area contributed by atoms with Crippen LogP contribution in [0.15, 0.2) is 0 Å². The smallest absolute Gasteiger partial charge is 0.222 e. The average molecular weight is 231 g/mol. The summed E-state index contributed by atoms with van der Waals surface area (Å²) in [6, 6.07) is 0. The van der Waals surface area contributed by atoms with E-state index in [0.29, 0.717) is 31.5 Å². The summed E-state index contributed by atoms with van der Waals surface area (Å²) in [7, 11) is 0. The lowest BCUT2D eigenvalue weighted by molar-refractivity contribution is -0.136. The first-order chi connectivity index (χ1) is 7.24. The number of amides is 1. The molecule has 0 spiro atoms. The summed E-state index contributed by atoms with van der Waals surface area (Å²) in [6.07, 6.45) is 3.94. The molecule has 0 radical (unpaired) electrons. The molecule has 4 heteroatoms. The van der Waals surface area contributed by atoms with Crippen LogP contribution >= 0.6 is 11.8 Å². The maximum Gasteiger partial charge on any atom is 0.222 e. The molecular formula is C11H21NO2S. The highest BCUT2D eigenvalue weighted by Crippen LogP contribution is 2.13. The largest absolute Gasteiger partial charge is 0.378 e. The molecule has 1 amide bonds. The van der Waals surface area contributed by atoms with E-state index in [1.165, 1.54) is 0 Å². The molecule has 0 unspecified atom stereocenters. The molecule has 1 aliphatic heterocycles. The van der Waals surface area contributed by atoms with Crippen LogP contribution in [0.25, 0.3) is 0 Å². The maximum absolute atomic E-state index is 11.8. The predicted octanol–water partition coefficient (Wildman–Crippen LogP) is 1.62. The Balaban J connectivity index is 2.21. The standard InChI is InChI=1S/C11H21NO2S/c1-10(3-8-15-2)9-11(13)12-4-6-14-7-5-12/h10H,3-9H2,1-2H3/t10-/m0/s1. The van der Waals surface area contributed by atoms with Gasteiger partial charge in [0.25, 0.3) is 0 Å². The van der Waals surface area contributed by atoms with Crippen molar-refractivity contribution in [1.82, 2.24) is 4.90 Å². The van der Waals surface area contributed by atoms with Crippen molar-refractivity contribution in [3.63, 3.8) is 0 Å².